The Labute approximate surface area is 104 Å². The van der Waals surface area contributed by atoms with E-state index < -0.39 is 0 Å². The van der Waals surface area contributed by atoms with Gasteiger partial charge in [-0.3, -0.25) is 0 Å². The van der Waals surface area contributed by atoms with Gasteiger partial charge < -0.3 is 4.90 Å². The van der Waals surface area contributed by atoms with Crippen LogP contribution in [0.15, 0.2) is 23.9 Å². The van der Waals surface area contributed by atoms with Crippen LogP contribution in [0.1, 0.15) is 42.4 Å². The normalized spacial score (nSPS) is 19.8. The van der Waals surface area contributed by atoms with Crippen LogP contribution in [0.3, 0.4) is 0 Å². The highest BCUT2D eigenvalue weighted by atomic mass is 15.1. The Kier molecular flexibility index (Phi) is 2.92. The van der Waals surface area contributed by atoms with Gasteiger partial charge in [0.1, 0.15) is 0 Å². The topological polar surface area (TPSA) is 3.24 Å². The second kappa shape index (κ2) is 4.56. The van der Waals surface area contributed by atoms with Gasteiger partial charge in [-0.2, -0.15) is 0 Å². The van der Waals surface area contributed by atoms with E-state index in [9.17, 15) is 0 Å². The molecular formula is C16H21N. The molecule has 0 N–H and O–H groups in total. The number of nitrogens with zero attached hydrogens (tertiary/aromatic N) is 1. The van der Waals surface area contributed by atoms with Gasteiger partial charge in [-0.05, 0) is 56.2 Å². The van der Waals surface area contributed by atoms with Crippen LogP contribution in [0, 0.1) is 6.92 Å². The molecule has 1 aromatic carbocycles. The lowest BCUT2D eigenvalue weighted by Crippen LogP contribution is -2.30. The fraction of sp³-hybridized carbons (Fsp3) is 0.500. The van der Waals surface area contributed by atoms with Crippen molar-refractivity contribution in [3.8, 4) is 0 Å². The minimum Gasteiger partial charge on any atom is -0.375 e. The predicted octanol–water partition coefficient (Wildman–Crippen LogP) is 3.77. The first-order valence-corrected chi connectivity index (χ1v) is 6.88. The highest BCUT2D eigenvalue weighted by Gasteiger charge is 2.17. The maximum atomic E-state index is 2.60. The molecule has 0 bridgehead atoms. The molecule has 2 aliphatic rings. The number of rotatable bonds is 1. The summed E-state index contributed by atoms with van der Waals surface area (Å²) in [5, 5.41) is 0. The fourth-order valence-corrected chi connectivity index (χ4v) is 3.04. The molecule has 0 radical (unpaired) electrons. The first-order valence-electron chi connectivity index (χ1n) is 6.88. The monoisotopic (exact) mass is 227 g/mol. The van der Waals surface area contributed by atoms with Crippen molar-refractivity contribution in [2.24, 2.45) is 0 Å². The molecule has 0 atom stereocenters. The smallest absolute Gasteiger partial charge is 0.0175 e. The quantitative estimate of drug-likeness (QED) is 0.706. The van der Waals surface area contributed by atoms with Gasteiger partial charge in [0.15, 0.2) is 0 Å². The predicted molar refractivity (Wildman–Crippen MR) is 72.9 cm³/mol. The average molecular weight is 227 g/mol. The Balaban J connectivity index is 1.86. The lowest BCUT2D eigenvalue weighted by atomic mass is 9.93. The number of hydrogen-bond acceptors (Lipinski definition) is 1. The van der Waals surface area contributed by atoms with Gasteiger partial charge in [-0.1, -0.05) is 23.8 Å². The van der Waals surface area contributed by atoms with Gasteiger partial charge >= 0.3 is 0 Å². The molecule has 1 aliphatic heterocycles. The maximum absolute atomic E-state index is 2.60. The van der Waals surface area contributed by atoms with Crippen LogP contribution >= 0.6 is 0 Å². The molecule has 90 valence electrons. The molecule has 1 nitrogen and oxygen atoms in total. The molecule has 1 heteroatoms. The largest absolute Gasteiger partial charge is 0.375 e. The molecule has 1 saturated heterocycles. The third kappa shape index (κ3) is 2.24. The van der Waals surface area contributed by atoms with Crippen molar-refractivity contribution in [3.05, 3.63) is 40.6 Å². The number of fused-ring (bicyclic) bond motifs is 1. The first-order chi connectivity index (χ1) is 8.33. The second-order valence-corrected chi connectivity index (χ2v) is 5.39. The highest BCUT2D eigenvalue weighted by Crippen LogP contribution is 2.28. The van der Waals surface area contributed by atoms with Crippen molar-refractivity contribution in [1.82, 2.24) is 4.90 Å². The van der Waals surface area contributed by atoms with Crippen molar-refractivity contribution in [3.63, 3.8) is 0 Å². The minimum absolute atomic E-state index is 1.22. The van der Waals surface area contributed by atoms with Crippen LogP contribution in [0.2, 0.25) is 0 Å². The van der Waals surface area contributed by atoms with E-state index >= 15 is 0 Å². The third-order valence-corrected chi connectivity index (χ3v) is 4.03. The number of aryl methyl sites for hydroxylation is 2. The third-order valence-electron chi connectivity index (χ3n) is 4.03. The van der Waals surface area contributed by atoms with E-state index in [1.54, 1.807) is 5.70 Å². The van der Waals surface area contributed by atoms with E-state index in [4.69, 9.17) is 0 Å². The van der Waals surface area contributed by atoms with Crippen LogP contribution in [0.25, 0.3) is 6.08 Å². The summed E-state index contributed by atoms with van der Waals surface area (Å²) in [6, 6.07) is 6.86. The van der Waals surface area contributed by atoms with Crippen molar-refractivity contribution in [2.75, 3.05) is 13.1 Å². The van der Waals surface area contributed by atoms with Crippen LogP contribution in [0.5, 0.6) is 0 Å². The molecule has 0 aromatic heterocycles. The molecule has 0 spiro atoms. The van der Waals surface area contributed by atoms with Gasteiger partial charge in [0.25, 0.3) is 0 Å². The summed E-state index contributed by atoms with van der Waals surface area (Å²) in [5.41, 5.74) is 5.94. The van der Waals surface area contributed by atoms with Gasteiger partial charge in [-0.15, -0.1) is 0 Å². The summed E-state index contributed by atoms with van der Waals surface area (Å²) in [5.74, 6) is 0. The Hall–Kier alpha value is -1.24. The van der Waals surface area contributed by atoms with Gasteiger partial charge in [0.05, 0.1) is 0 Å². The molecular weight excluding hydrogens is 206 g/mol. The Morgan fingerprint density at radius 3 is 2.65 bits per heavy atom. The number of likely N-dealkylation sites (tertiary alicyclic amines) is 1. The summed E-state index contributed by atoms with van der Waals surface area (Å²) in [6.45, 7) is 4.73. The SMILES string of the molecule is Cc1ccc2c(c1)CCC(N1CCCCC1)=C2. The molecule has 0 saturated carbocycles. The van der Waals surface area contributed by atoms with Gasteiger partial charge in [0, 0.05) is 18.8 Å². The summed E-state index contributed by atoms with van der Waals surface area (Å²) < 4.78 is 0. The lowest BCUT2D eigenvalue weighted by molar-refractivity contribution is 0.278. The van der Waals surface area contributed by atoms with Crippen LogP contribution in [-0.2, 0) is 6.42 Å². The summed E-state index contributed by atoms with van der Waals surface area (Å²) >= 11 is 0. The fourth-order valence-electron chi connectivity index (χ4n) is 3.04. The maximum Gasteiger partial charge on any atom is 0.0175 e. The molecule has 1 aliphatic carbocycles. The summed E-state index contributed by atoms with van der Waals surface area (Å²) in [4.78, 5) is 2.60. The molecule has 1 aromatic rings. The minimum atomic E-state index is 1.22. The van der Waals surface area contributed by atoms with E-state index in [2.05, 4.69) is 36.1 Å². The Morgan fingerprint density at radius 1 is 1.00 bits per heavy atom. The zero-order valence-corrected chi connectivity index (χ0v) is 10.7. The molecule has 3 rings (SSSR count). The summed E-state index contributed by atoms with van der Waals surface area (Å²) in [7, 11) is 0. The van der Waals surface area contributed by atoms with Gasteiger partial charge in [0.2, 0.25) is 0 Å². The Bertz CT molecular complexity index is 439. The zero-order chi connectivity index (χ0) is 11.7. The number of hydrogen-bond donors (Lipinski definition) is 0. The zero-order valence-electron chi connectivity index (χ0n) is 10.7. The van der Waals surface area contributed by atoms with E-state index in [0.717, 1.165) is 0 Å². The first kappa shape index (κ1) is 10.9. The van der Waals surface area contributed by atoms with Crippen molar-refractivity contribution in [1.29, 1.82) is 0 Å². The Morgan fingerprint density at radius 2 is 1.82 bits per heavy atom. The standard InChI is InChI=1S/C16H21N/c1-13-5-6-15-12-16(8-7-14(15)11-13)17-9-3-2-4-10-17/h5-6,11-12H,2-4,7-10H2,1H3. The molecule has 0 unspecified atom stereocenters. The van der Waals surface area contributed by atoms with E-state index in [-0.39, 0.29) is 0 Å². The van der Waals surface area contributed by atoms with Crippen LogP contribution < -0.4 is 0 Å². The second-order valence-electron chi connectivity index (χ2n) is 5.39. The summed E-state index contributed by atoms with van der Waals surface area (Å²) in [6.07, 6.45) is 9.04. The van der Waals surface area contributed by atoms with Crippen molar-refractivity contribution >= 4 is 6.08 Å². The number of benzene rings is 1. The lowest BCUT2D eigenvalue weighted by Gasteiger charge is -2.33. The molecule has 17 heavy (non-hydrogen) atoms. The van der Waals surface area contributed by atoms with Crippen LogP contribution in [0.4, 0.5) is 0 Å². The highest BCUT2D eigenvalue weighted by molar-refractivity contribution is 5.59. The van der Waals surface area contributed by atoms with Crippen molar-refractivity contribution < 1.29 is 0 Å². The molecule has 0 amide bonds. The van der Waals surface area contributed by atoms with E-state index in [1.807, 2.05) is 0 Å². The van der Waals surface area contributed by atoms with Crippen LogP contribution in [-0.4, -0.2) is 18.0 Å². The van der Waals surface area contributed by atoms with Crippen molar-refractivity contribution in [2.45, 2.75) is 39.0 Å². The average Bonchev–Trinajstić information content (AvgIpc) is 2.39. The number of allylic oxidation sites excluding steroid dienone is 1. The molecule has 1 heterocycles. The number of piperidine rings is 1. The van der Waals surface area contributed by atoms with E-state index in [1.165, 1.54) is 61.9 Å². The van der Waals surface area contributed by atoms with Gasteiger partial charge in [-0.25, -0.2) is 0 Å². The van der Waals surface area contributed by atoms with E-state index in [0.29, 0.717) is 0 Å². The molecule has 1 fully saturated rings.